The highest BCUT2D eigenvalue weighted by atomic mass is 16.2. The molecule has 1 aromatic heterocycles. The number of likely N-dealkylation sites (tertiary alicyclic amines) is 1. The lowest BCUT2D eigenvalue weighted by Gasteiger charge is -2.40. The quantitative estimate of drug-likeness (QED) is 0.720. The Balaban J connectivity index is 1.69. The fourth-order valence-corrected chi connectivity index (χ4v) is 3.51. The maximum Gasteiger partial charge on any atom is 0.267 e. The molecule has 2 fully saturated rings. The lowest BCUT2D eigenvalue weighted by atomic mass is 9.79. The first-order valence-corrected chi connectivity index (χ1v) is 7.34. The van der Waals surface area contributed by atoms with Crippen molar-refractivity contribution in [2.45, 2.75) is 32.6 Å². The summed E-state index contributed by atoms with van der Waals surface area (Å²) in [5.41, 5.74) is 1.43. The second-order valence-corrected chi connectivity index (χ2v) is 6.21. The predicted octanol–water partition coefficient (Wildman–Crippen LogP) is 0.156. The molecule has 0 unspecified atom stereocenters. The highest BCUT2D eigenvalue weighted by molar-refractivity contribution is 5.79. The van der Waals surface area contributed by atoms with Gasteiger partial charge in [-0.05, 0) is 32.7 Å². The number of piperidine rings is 1. The van der Waals surface area contributed by atoms with Crippen LogP contribution in [0, 0.1) is 12.3 Å². The van der Waals surface area contributed by atoms with E-state index in [-0.39, 0.29) is 23.3 Å². The normalized spacial score (nSPS) is 26.4. The van der Waals surface area contributed by atoms with E-state index in [2.05, 4.69) is 15.5 Å². The van der Waals surface area contributed by atoms with E-state index in [0.29, 0.717) is 5.56 Å². The summed E-state index contributed by atoms with van der Waals surface area (Å²) in [6, 6.07) is 0. The Hall–Kier alpha value is -1.56. The van der Waals surface area contributed by atoms with Crippen LogP contribution in [0.2, 0.25) is 0 Å². The molecule has 1 amide bonds. The second-order valence-electron chi connectivity index (χ2n) is 6.21. The number of rotatable bonds is 2. The molecule has 0 aliphatic carbocycles. The van der Waals surface area contributed by atoms with Gasteiger partial charge in [0.2, 0.25) is 5.91 Å². The first kappa shape index (κ1) is 13.4. The van der Waals surface area contributed by atoms with Crippen LogP contribution in [0.1, 0.15) is 30.5 Å². The van der Waals surface area contributed by atoms with Crippen LogP contribution in [0.25, 0.3) is 0 Å². The van der Waals surface area contributed by atoms with Crippen LogP contribution in [-0.2, 0) is 11.2 Å². The number of aryl methyl sites for hydroxylation is 1. The Bertz CT molecular complexity index is 554. The Kier molecular flexibility index (Phi) is 3.41. The molecule has 110 valence electrons. The zero-order valence-electron chi connectivity index (χ0n) is 11.9. The predicted molar refractivity (Wildman–Crippen MR) is 75.6 cm³/mol. The van der Waals surface area contributed by atoms with Crippen LogP contribution in [0.4, 0.5) is 0 Å². The van der Waals surface area contributed by atoms with Gasteiger partial charge in [0.15, 0.2) is 0 Å². The van der Waals surface area contributed by atoms with Crippen molar-refractivity contribution in [1.82, 2.24) is 20.4 Å². The van der Waals surface area contributed by atoms with Crippen molar-refractivity contribution in [2.75, 3.05) is 26.2 Å². The van der Waals surface area contributed by atoms with E-state index in [9.17, 15) is 9.59 Å². The van der Waals surface area contributed by atoms with Gasteiger partial charge in [0.05, 0.1) is 6.42 Å². The standard InChI is InChI=1S/C14H22N4O2/c1-10-11(13(20)17-16-10)7-12(19)18-6-2-3-14(9-18)4-5-15-8-14/h15H,2-9H2,1H3,(H2,16,17,20)/t14-/m0/s1. The number of carbonyl (C=O) groups is 1. The summed E-state index contributed by atoms with van der Waals surface area (Å²) in [5.74, 6) is 0.0733. The molecule has 1 aromatic rings. The van der Waals surface area contributed by atoms with Gasteiger partial charge in [-0.3, -0.25) is 14.7 Å². The van der Waals surface area contributed by atoms with Crippen LogP contribution < -0.4 is 10.9 Å². The third kappa shape index (κ3) is 2.40. The van der Waals surface area contributed by atoms with Crippen LogP contribution in [-0.4, -0.2) is 47.2 Å². The Morgan fingerprint density at radius 1 is 1.35 bits per heavy atom. The van der Waals surface area contributed by atoms with Crippen LogP contribution >= 0.6 is 0 Å². The minimum atomic E-state index is -0.176. The van der Waals surface area contributed by atoms with Crippen molar-refractivity contribution < 1.29 is 4.79 Å². The number of aromatic nitrogens is 2. The zero-order chi connectivity index (χ0) is 14.2. The lowest BCUT2D eigenvalue weighted by Crippen LogP contribution is -2.47. The number of hydrogen-bond acceptors (Lipinski definition) is 3. The molecule has 3 N–H and O–H groups in total. The molecule has 6 nitrogen and oxygen atoms in total. The molecule has 0 aromatic carbocycles. The number of carbonyl (C=O) groups excluding carboxylic acids is 1. The van der Waals surface area contributed by atoms with Crippen molar-refractivity contribution in [1.29, 1.82) is 0 Å². The Labute approximate surface area is 117 Å². The smallest absolute Gasteiger partial charge is 0.267 e. The van der Waals surface area contributed by atoms with E-state index in [4.69, 9.17) is 0 Å². The number of hydrogen-bond donors (Lipinski definition) is 3. The van der Waals surface area contributed by atoms with Crippen molar-refractivity contribution in [3.05, 3.63) is 21.6 Å². The molecule has 0 bridgehead atoms. The first-order valence-electron chi connectivity index (χ1n) is 7.34. The number of aromatic amines is 2. The number of H-pyrrole nitrogens is 2. The van der Waals surface area contributed by atoms with Gasteiger partial charge >= 0.3 is 0 Å². The largest absolute Gasteiger partial charge is 0.342 e. The highest BCUT2D eigenvalue weighted by Gasteiger charge is 2.39. The van der Waals surface area contributed by atoms with Gasteiger partial charge in [-0.15, -0.1) is 0 Å². The van der Waals surface area contributed by atoms with E-state index in [1.54, 1.807) is 0 Å². The van der Waals surface area contributed by atoms with E-state index < -0.39 is 0 Å². The van der Waals surface area contributed by atoms with Gasteiger partial charge in [-0.25, -0.2) is 0 Å². The highest BCUT2D eigenvalue weighted by Crippen LogP contribution is 2.35. The summed E-state index contributed by atoms with van der Waals surface area (Å²) < 4.78 is 0. The monoisotopic (exact) mass is 278 g/mol. The molecule has 3 heterocycles. The van der Waals surface area contributed by atoms with Gasteiger partial charge in [0.25, 0.3) is 5.56 Å². The zero-order valence-corrected chi connectivity index (χ0v) is 11.9. The minimum absolute atomic E-state index is 0.0733. The van der Waals surface area contributed by atoms with Gasteiger partial charge in [-0.2, -0.15) is 0 Å². The average molecular weight is 278 g/mol. The van der Waals surface area contributed by atoms with E-state index in [1.807, 2.05) is 11.8 Å². The molecule has 2 aliphatic heterocycles. The van der Waals surface area contributed by atoms with Crippen LogP contribution in [0.5, 0.6) is 0 Å². The fourth-order valence-electron chi connectivity index (χ4n) is 3.51. The molecule has 0 radical (unpaired) electrons. The molecule has 20 heavy (non-hydrogen) atoms. The summed E-state index contributed by atoms with van der Waals surface area (Å²) in [6.07, 6.45) is 3.62. The van der Waals surface area contributed by atoms with Crippen molar-refractivity contribution in [2.24, 2.45) is 5.41 Å². The number of nitrogens with zero attached hydrogens (tertiary/aromatic N) is 1. The lowest BCUT2D eigenvalue weighted by molar-refractivity contribution is -0.133. The first-order chi connectivity index (χ1) is 9.60. The molecule has 2 aliphatic rings. The Morgan fingerprint density at radius 2 is 2.20 bits per heavy atom. The fraction of sp³-hybridized carbons (Fsp3) is 0.714. The van der Waals surface area contributed by atoms with E-state index in [1.165, 1.54) is 6.42 Å². The van der Waals surface area contributed by atoms with E-state index >= 15 is 0 Å². The third-order valence-electron chi connectivity index (χ3n) is 4.76. The summed E-state index contributed by atoms with van der Waals surface area (Å²) >= 11 is 0. The maximum atomic E-state index is 12.4. The van der Waals surface area contributed by atoms with Crippen molar-refractivity contribution >= 4 is 5.91 Å². The topological polar surface area (TPSA) is 81.0 Å². The summed E-state index contributed by atoms with van der Waals surface area (Å²) in [6.45, 7) is 5.54. The second kappa shape index (κ2) is 5.09. The van der Waals surface area contributed by atoms with E-state index in [0.717, 1.165) is 44.7 Å². The molecule has 6 heteroatoms. The van der Waals surface area contributed by atoms with Crippen molar-refractivity contribution in [3.8, 4) is 0 Å². The average Bonchev–Trinajstić information content (AvgIpc) is 3.01. The van der Waals surface area contributed by atoms with Gasteiger partial charge < -0.3 is 15.3 Å². The van der Waals surface area contributed by atoms with Gasteiger partial charge in [0, 0.05) is 36.3 Å². The SMILES string of the molecule is Cc1[nH][nH]c(=O)c1CC(=O)N1CCC[C@@]2(CCNC2)C1. The van der Waals surface area contributed by atoms with Gasteiger partial charge in [-0.1, -0.05) is 0 Å². The molecule has 2 saturated heterocycles. The molecule has 3 rings (SSSR count). The van der Waals surface area contributed by atoms with Crippen LogP contribution in [0.3, 0.4) is 0 Å². The maximum absolute atomic E-state index is 12.4. The van der Waals surface area contributed by atoms with Crippen LogP contribution in [0.15, 0.2) is 4.79 Å². The molecule has 1 spiro atoms. The molecule has 1 atom stereocenters. The molecular weight excluding hydrogens is 256 g/mol. The van der Waals surface area contributed by atoms with Crippen molar-refractivity contribution in [3.63, 3.8) is 0 Å². The summed E-state index contributed by atoms with van der Waals surface area (Å²) in [5, 5.41) is 8.72. The Morgan fingerprint density at radius 3 is 2.85 bits per heavy atom. The number of amides is 1. The number of nitrogens with one attached hydrogen (secondary N) is 3. The van der Waals surface area contributed by atoms with Gasteiger partial charge in [0.1, 0.15) is 0 Å². The third-order valence-corrected chi connectivity index (χ3v) is 4.76. The summed E-state index contributed by atoms with van der Waals surface area (Å²) in [7, 11) is 0. The summed E-state index contributed by atoms with van der Waals surface area (Å²) in [4.78, 5) is 26.0. The molecule has 0 saturated carbocycles. The molecular formula is C14H22N4O2. The minimum Gasteiger partial charge on any atom is -0.342 e.